The predicted molar refractivity (Wildman–Crippen MR) is 103 cm³/mol. The number of carbonyl (C=O) groups is 3. The highest BCUT2D eigenvalue weighted by Crippen LogP contribution is 2.24. The Kier molecular flexibility index (Phi) is 7.05. The van der Waals surface area contributed by atoms with Crippen LogP contribution >= 0.6 is 11.8 Å². The fourth-order valence-corrected chi connectivity index (χ4v) is 3.27. The Labute approximate surface area is 157 Å². The molecule has 0 aromatic heterocycles. The first-order valence-corrected chi connectivity index (χ1v) is 9.93. The second kappa shape index (κ2) is 9.05. The quantitative estimate of drug-likeness (QED) is 0.622. The van der Waals surface area contributed by atoms with Crippen LogP contribution in [0.3, 0.4) is 0 Å². The highest BCUT2D eigenvalue weighted by Gasteiger charge is 2.24. The Morgan fingerprint density at radius 2 is 2.12 bits per heavy atom. The molecule has 1 heterocycles. The van der Waals surface area contributed by atoms with Crippen molar-refractivity contribution in [2.75, 3.05) is 35.3 Å². The van der Waals surface area contributed by atoms with E-state index in [4.69, 9.17) is 0 Å². The van der Waals surface area contributed by atoms with Gasteiger partial charge in [0.15, 0.2) is 0 Å². The third-order valence-electron chi connectivity index (χ3n) is 4.17. The van der Waals surface area contributed by atoms with Crippen molar-refractivity contribution in [3.8, 4) is 0 Å². The van der Waals surface area contributed by atoms with E-state index in [1.807, 2.05) is 6.26 Å². The van der Waals surface area contributed by atoms with E-state index < -0.39 is 17.4 Å². The highest BCUT2D eigenvalue weighted by atomic mass is 32.2. The standard InChI is InChI=1S/C18H25N3O4S/c1-18(25,8-10-26-2)12-19-16(23)17(24)20-13-5-3-6-14(11-13)21-9-4-7-15(21)22/h3,5-6,11,25H,4,7-10,12H2,1-2H3,(H,19,23)(H,20,24)/t18-/m0/s1. The van der Waals surface area contributed by atoms with E-state index in [0.29, 0.717) is 30.8 Å². The predicted octanol–water partition coefficient (Wildman–Crippen LogP) is 1.37. The van der Waals surface area contributed by atoms with Gasteiger partial charge < -0.3 is 20.6 Å². The van der Waals surface area contributed by atoms with Gasteiger partial charge in [-0.1, -0.05) is 6.07 Å². The van der Waals surface area contributed by atoms with Gasteiger partial charge in [-0.25, -0.2) is 0 Å². The maximum absolute atomic E-state index is 12.1. The van der Waals surface area contributed by atoms with Crippen LogP contribution in [0, 0.1) is 0 Å². The fraction of sp³-hybridized carbons (Fsp3) is 0.500. The van der Waals surface area contributed by atoms with Gasteiger partial charge in [0.2, 0.25) is 5.91 Å². The van der Waals surface area contributed by atoms with Crippen molar-refractivity contribution in [1.29, 1.82) is 0 Å². The first-order chi connectivity index (χ1) is 12.3. The molecule has 3 N–H and O–H groups in total. The van der Waals surface area contributed by atoms with Crippen LogP contribution in [0.4, 0.5) is 11.4 Å². The van der Waals surface area contributed by atoms with Crippen LogP contribution in [-0.2, 0) is 14.4 Å². The Morgan fingerprint density at radius 1 is 1.35 bits per heavy atom. The van der Waals surface area contributed by atoms with Gasteiger partial charge in [-0.3, -0.25) is 14.4 Å². The van der Waals surface area contributed by atoms with E-state index in [2.05, 4.69) is 10.6 Å². The number of thioether (sulfide) groups is 1. The van der Waals surface area contributed by atoms with Crippen LogP contribution in [-0.4, -0.2) is 53.5 Å². The summed E-state index contributed by atoms with van der Waals surface area (Å²) in [6.07, 6.45) is 3.79. The molecular weight excluding hydrogens is 354 g/mol. The normalized spacial score (nSPS) is 16.3. The lowest BCUT2D eigenvalue weighted by atomic mass is 10.0. The Morgan fingerprint density at radius 3 is 2.77 bits per heavy atom. The van der Waals surface area contributed by atoms with Gasteiger partial charge in [-0.05, 0) is 50.0 Å². The second-order valence-electron chi connectivity index (χ2n) is 6.58. The number of nitrogens with one attached hydrogen (secondary N) is 2. The number of rotatable bonds is 7. The minimum atomic E-state index is -1.06. The lowest BCUT2D eigenvalue weighted by Crippen LogP contribution is -2.44. The maximum atomic E-state index is 12.1. The molecule has 142 valence electrons. The van der Waals surface area contributed by atoms with Crippen molar-refractivity contribution in [3.63, 3.8) is 0 Å². The van der Waals surface area contributed by atoms with Gasteiger partial charge in [0.25, 0.3) is 0 Å². The van der Waals surface area contributed by atoms with E-state index in [0.717, 1.165) is 12.2 Å². The maximum Gasteiger partial charge on any atom is 0.313 e. The monoisotopic (exact) mass is 379 g/mol. The van der Waals surface area contributed by atoms with Crippen molar-refractivity contribution < 1.29 is 19.5 Å². The summed E-state index contributed by atoms with van der Waals surface area (Å²) in [6.45, 7) is 2.28. The Balaban J connectivity index is 1.90. The van der Waals surface area contributed by atoms with Crippen LogP contribution in [0.5, 0.6) is 0 Å². The van der Waals surface area contributed by atoms with Crippen LogP contribution in [0.25, 0.3) is 0 Å². The third-order valence-corrected chi connectivity index (χ3v) is 4.78. The van der Waals surface area contributed by atoms with E-state index in [9.17, 15) is 19.5 Å². The zero-order chi connectivity index (χ0) is 19.2. The molecule has 0 spiro atoms. The summed E-state index contributed by atoms with van der Waals surface area (Å²) < 4.78 is 0. The summed E-state index contributed by atoms with van der Waals surface area (Å²) in [5.74, 6) is -0.803. The molecule has 0 radical (unpaired) electrons. The SMILES string of the molecule is CSCC[C@](C)(O)CNC(=O)C(=O)Nc1cccc(N2CCCC2=O)c1. The van der Waals surface area contributed by atoms with Crippen molar-refractivity contribution in [3.05, 3.63) is 24.3 Å². The summed E-state index contributed by atoms with van der Waals surface area (Å²) in [5.41, 5.74) is 0.0804. The summed E-state index contributed by atoms with van der Waals surface area (Å²) >= 11 is 1.60. The molecule has 1 aromatic carbocycles. The minimum Gasteiger partial charge on any atom is -0.388 e. The number of amides is 3. The van der Waals surface area contributed by atoms with E-state index in [1.165, 1.54) is 0 Å². The summed E-state index contributed by atoms with van der Waals surface area (Å²) in [6, 6.07) is 6.84. The summed E-state index contributed by atoms with van der Waals surface area (Å²) in [4.78, 5) is 37.5. The average Bonchev–Trinajstić information content (AvgIpc) is 3.04. The highest BCUT2D eigenvalue weighted by molar-refractivity contribution is 7.98. The molecule has 0 unspecified atom stereocenters. The zero-order valence-electron chi connectivity index (χ0n) is 15.1. The molecule has 0 saturated carbocycles. The zero-order valence-corrected chi connectivity index (χ0v) is 15.9. The molecule has 3 amide bonds. The average molecular weight is 379 g/mol. The third kappa shape index (κ3) is 5.74. The first kappa shape index (κ1) is 20.3. The molecule has 8 heteroatoms. The molecule has 1 aromatic rings. The van der Waals surface area contributed by atoms with Crippen LogP contribution in [0.15, 0.2) is 24.3 Å². The molecule has 1 aliphatic rings. The topological polar surface area (TPSA) is 98.7 Å². The van der Waals surface area contributed by atoms with Gasteiger partial charge in [-0.2, -0.15) is 11.8 Å². The molecule has 26 heavy (non-hydrogen) atoms. The minimum absolute atomic E-state index is 0.00212. The van der Waals surface area contributed by atoms with Crippen LogP contribution < -0.4 is 15.5 Å². The Hall–Kier alpha value is -2.06. The largest absolute Gasteiger partial charge is 0.388 e. The summed E-state index contributed by atoms with van der Waals surface area (Å²) in [5, 5.41) is 15.1. The molecule has 1 aliphatic heterocycles. The number of hydrogen-bond acceptors (Lipinski definition) is 5. The molecule has 7 nitrogen and oxygen atoms in total. The van der Waals surface area contributed by atoms with E-state index in [-0.39, 0.29) is 12.5 Å². The van der Waals surface area contributed by atoms with Gasteiger partial charge in [0.1, 0.15) is 0 Å². The van der Waals surface area contributed by atoms with Crippen molar-refractivity contribution in [2.45, 2.75) is 31.8 Å². The van der Waals surface area contributed by atoms with Gasteiger partial charge in [0.05, 0.1) is 5.60 Å². The number of nitrogens with zero attached hydrogens (tertiary/aromatic N) is 1. The molecule has 2 rings (SSSR count). The molecule has 1 saturated heterocycles. The van der Waals surface area contributed by atoms with E-state index >= 15 is 0 Å². The lowest BCUT2D eigenvalue weighted by molar-refractivity contribution is -0.136. The molecule has 1 fully saturated rings. The lowest BCUT2D eigenvalue weighted by Gasteiger charge is -2.23. The molecule has 0 aliphatic carbocycles. The van der Waals surface area contributed by atoms with Crippen LogP contribution in [0.1, 0.15) is 26.2 Å². The second-order valence-corrected chi connectivity index (χ2v) is 7.56. The Bertz CT molecular complexity index is 678. The fourth-order valence-electron chi connectivity index (χ4n) is 2.62. The summed E-state index contributed by atoms with van der Waals surface area (Å²) in [7, 11) is 0. The van der Waals surface area contributed by atoms with Gasteiger partial charge in [-0.15, -0.1) is 0 Å². The number of carbonyl (C=O) groups excluding carboxylic acids is 3. The first-order valence-electron chi connectivity index (χ1n) is 8.53. The number of aliphatic hydroxyl groups is 1. The van der Waals surface area contributed by atoms with E-state index in [1.54, 1.807) is 47.9 Å². The smallest absolute Gasteiger partial charge is 0.313 e. The molecule has 0 bridgehead atoms. The molecular formula is C18H25N3O4S. The molecule has 1 atom stereocenters. The van der Waals surface area contributed by atoms with Gasteiger partial charge >= 0.3 is 11.8 Å². The number of hydrogen-bond donors (Lipinski definition) is 3. The number of benzene rings is 1. The number of anilines is 2. The van der Waals surface area contributed by atoms with Crippen molar-refractivity contribution in [1.82, 2.24) is 5.32 Å². The van der Waals surface area contributed by atoms with Crippen LogP contribution in [0.2, 0.25) is 0 Å². The van der Waals surface area contributed by atoms with Gasteiger partial charge in [0, 0.05) is 30.9 Å². The van der Waals surface area contributed by atoms with Crippen molar-refractivity contribution in [2.24, 2.45) is 0 Å². The van der Waals surface area contributed by atoms with Crippen molar-refractivity contribution >= 4 is 40.9 Å².